The van der Waals surface area contributed by atoms with Crippen LogP contribution in [0.4, 0.5) is 0 Å². The average Bonchev–Trinajstić information content (AvgIpc) is 2.12. The molecular weight excluding hydrogens is 179 g/mol. The Hall–Kier alpha value is -0.0400. The van der Waals surface area contributed by atoms with Gasteiger partial charge in [-0.1, -0.05) is 0 Å². The van der Waals surface area contributed by atoms with Crippen molar-refractivity contribution < 1.29 is 12.6 Å². The summed E-state index contributed by atoms with van der Waals surface area (Å²) in [5, 5.41) is 5.89. The molecule has 5 nitrogen and oxygen atoms in total. The first-order valence-electron chi connectivity index (χ1n) is 2.47. The number of nitrogens with one attached hydrogen (secondary N) is 1. The van der Waals surface area contributed by atoms with Crippen molar-refractivity contribution in [3.63, 3.8) is 0 Å². The molecule has 0 spiro atoms. The fraction of sp³-hybridized carbons (Fsp3) is 0.250. The molecule has 0 bridgehead atoms. The molecule has 0 aliphatic rings. The first kappa shape index (κ1) is 11.0. The van der Waals surface area contributed by atoms with Gasteiger partial charge >= 0.3 is 39.7 Å². The van der Waals surface area contributed by atoms with Crippen molar-refractivity contribution in [1.29, 1.82) is 0 Å². The predicted octanol–water partition coefficient (Wildman–Crippen LogP) is -0.900. The van der Waals surface area contributed by atoms with Crippen LogP contribution >= 0.6 is 0 Å². The van der Waals surface area contributed by atoms with Gasteiger partial charge in [0, 0.05) is 12.3 Å². The first-order valence-corrected chi connectivity index (χ1v) is 4.29. The summed E-state index contributed by atoms with van der Waals surface area (Å²) in [6.07, 6.45) is 2.43. The number of rotatable bonds is 2. The zero-order valence-electron chi connectivity index (χ0n) is 5.23. The van der Waals surface area contributed by atoms with Crippen molar-refractivity contribution in [2.45, 2.75) is 0 Å². The van der Waals surface area contributed by atoms with Gasteiger partial charge in [0.25, 0.3) is 5.88 Å². The van der Waals surface area contributed by atoms with Gasteiger partial charge in [0.2, 0.25) is 0 Å². The molecule has 1 rings (SSSR count). The van der Waals surface area contributed by atoms with Gasteiger partial charge in [-0.2, -0.15) is 8.42 Å². The fourth-order valence-electron chi connectivity index (χ4n) is 0.448. The summed E-state index contributed by atoms with van der Waals surface area (Å²) >= 11 is 0. The number of H-pyrrole nitrogens is 1. The van der Waals surface area contributed by atoms with Gasteiger partial charge in [0.15, 0.2) is 0 Å². The molecule has 0 amide bonds. The predicted molar refractivity (Wildman–Crippen MR) is 41.2 cm³/mol. The summed E-state index contributed by atoms with van der Waals surface area (Å²) in [5.41, 5.74) is 0. The van der Waals surface area contributed by atoms with Gasteiger partial charge in [0.05, 0.1) is 6.26 Å². The van der Waals surface area contributed by atoms with Crippen molar-refractivity contribution in [3.05, 3.63) is 12.3 Å². The molecule has 0 saturated heterocycles. The second kappa shape index (κ2) is 4.10. The van der Waals surface area contributed by atoms with Crippen molar-refractivity contribution >= 4 is 39.7 Å². The van der Waals surface area contributed by atoms with E-state index >= 15 is 0 Å². The van der Waals surface area contributed by atoms with E-state index in [9.17, 15) is 8.42 Å². The van der Waals surface area contributed by atoms with E-state index in [1.54, 1.807) is 0 Å². The van der Waals surface area contributed by atoms with Crippen LogP contribution in [0.3, 0.4) is 0 Å². The van der Waals surface area contributed by atoms with Crippen LogP contribution in [0, 0.1) is 0 Å². The second-order valence-corrected chi connectivity index (χ2v) is 3.27. The van der Waals surface area contributed by atoms with Crippen LogP contribution in [0.5, 0.6) is 5.88 Å². The molecule has 1 aromatic rings. The number of aromatic nitrogens is 2. The molecule has 7 heteroatoms. The van der Waals surface area contributed by atoms with Crippen LogP contribution in [-0.2, 0) is 10.1 Å². The van der Waals surface area contributed by atoms with Crippen molar-refractivity contribution in [2.75, 3.05) is 6.26 Å². The minimum absolute atomic E-state index is 0. The summed E-state index contributed by atoms with van der Waals surface area (Å²) in [5.74, 6) is 0.0579. The number of hydrogen-bond acceptors (Lipinski definition) is 4. The molecule has 0 atom stereocenters. The quantitative estimate of drug-likeness (QED) is 0.480. The van der Waals surface area contributed by atoms with E-state index in [0.29, 0.717) is 0 Å². The molecule has 58 valence electrons. The van der Waals surface area contributed by atoms with Gasteiger partial charge in [-0.25, -0.2) is 0 Å². The maximum atomic E-state index is 10.4. The molecule has 0 unspecified atom stereocenters. The molecule has 0 aromatic carbocycles. The molecule has 0 aliphatic carbocycles. The van der Waals surface area contributed by atoms with Crippen LogP contribution in [0.1, 0.15) is 0 Å². The zero-order chi connectivity index (χ0) is 7.61. The number of aromatic amines is 1. The van der Waals surface area contributed by atoms with Crippen molar-refractivity contribution in [3.8, 4) is 5.88 Å². The van der Waals surface area contributed by atoms with Crippen LogP contribution in [0.2, 0.25) is 0 Å². The Kier molecular flexibility index (Phi) is 4.09. The van der Waals surface area contributed by atoms with E-state index in [4.69, 9.17) is 0 Å². The van der Waals surface area contributed by atoms with Gasteiger partial charge in [0.1, 0.15) is 0 Å². The molecular formula is C4H7N2NaO3S. The van der Waals surface area contributed by atoms with Gasteiger partial charge in [-0.15, -0.1) is 5.10 Å². The summed E-state index contributed by atoms with van der Waals surface area (Å²) in [4.78, 5) is 0. The zero-order valence-corrected chi connectivity index (χ0v) is 6.05. The standard InChI is InChI=1S/C4H6N2O3S.Na.H/c1-10(7,8)9-4-2-3-5-6-4;;/h2-3H,1H3,(H,5,6);;. The molecule has 0 saturated carbocycles. The topological polar surface area (TPSA) is 72.1 Å². The maximum absolute atomic E-state index is 10.4. The van der Waals surface area contributed by atoms with Gasteiger partial charge in [-0.05, 0) is 0 Å². The minimum atomic E-state index is -3.43. The van der Waals surface area contributed by atoms with E-state index < -0.39 is 10.1 Å². The van der Waals surface area contributed by atoms with Crippen LogP contribution in [0.25, 0.3) is 0 Å². The Morgan fingerprint density at radius 1 is 1.64 bits per heavy atom. The SMILES string of the molecule is CS(=O)(=O)Oc1cc[nH]n1.[NaH]. The molecule has 1 N–H and O–H groups in total. The molecule has 1 heterocycles. The van der Waals surface area contributed by atoms with E-state index in [1.165, 1.54) is 12.3 Å². The Morgan fingerprint density at radius 3 is 2.64 bits per heavy atom. The van der Waals surface area contributed by atoms with Gasteiger partial charge < -0.3 is 4.18 Å². The van der Waals surface area contributed by atoms with Crippen molar-refractivity contribution in [1.82, 2.24) is 10.2 Å². The Balaban J connectivity index is 0.000001000. The Labute approximate surface area is 86.6 Å². The van der Waals surface area contributed by atoms with E-state index in [0.717, 1.165) is 6.26 Å². The normalized spacial score (nSPS) is 10.3. The molecule has 0 aliphatic heterocycles. The third-order valence-electron chi connectivity index (χ3n) is 0.712. The molecule has 0 fully saturated rings. The fourth-order valence-corrected chi connectivity index (χ4v) is 0.851. The van der Waals surface area contributed by atoms with Crippen LogP contribution < -0.4 is 4.18 Å². The van der Waals surface area contributed by atoms with Crippen molar-refractivity contribution in [2.24, 2.45) is 0 Å². The van der Waals surface area contributed by atoms with E-state index in [-0.39, 0.29) is 35.4 Å². The Morgan fingerprint density at radius 2 is 2.27 bits per heavy atom. The summed E-state index contributed by atoms with van der Waals surface area (Å²) in [6, 6.07) is 1.42. The van der Waals surface area contributed by atoms with E-state index in [1.807, 2.05) is 0 Å². The second-order valence-electron chi connectivity index (χ2n) is 1.70. The van der Waals surface area contributed by atoms with E-state index in [2.05, 4.69) is 14.4 Å². The third kappa shape index (κ3) is 4.41. The molecule has 11 heavy (non-hydrogen) atoms. The van der Waals surface area contributed by atoms with Gasteiger partial charge in [-0.3, -0.25) is 5.10 Å². The summed E-state index contributed by atoms with van der Waals surface area (Å²) in [6.45, 7) is 0. The molecule has 1 aromatic heterocycles. The number of nitrogens with zero attached hydrogens (tertiary/aromatic N) is 1. The number of hydrogen-bond donors (Lipinski definition) is 1. The molecule has 0 radical (unpaired) electrons. The first-order chi connectivity index (χ1) is 4.58. The third-order valence-corrected chi connectivity index (χ3v) is 1.19. The monoisotopic (exact) mass is 186 g/mol. The average molecular weight is 186 g/mol. The Bertz CT molecular complexity index is 293. The summed E-state index contributed by atoms with van der Waals surface area (Å²) in [7, 11) is -3.43. The summed E-state index contributed by atoms with van der Waals surface area (Å²) < 4.78 is 25.2. The van der Waals surface area contributed by atoms with Crippen LogP contribution in [0.15, 0.2) is 12.3 Å². The van der Waals surface area contributed by atoms with Crippen LogP contribution in [-0.4, -0.2) is 54.4 Å².